The number of carbonyl (C=O) groups is 1. The van der Waals surface area contributed by atoms with Gasteiger partial charge in [-0.15, -0.1) is 0 Å². The van der Waals surface area contributed by atoms with Crippen molar-refractivity contribution in [2.24, 2.45) is 0 Å². The van der Waals surface area contributed by atoms with Gasteiger partial charge in [0.25, 0.3) is 0 Å². The number of amides is 1. The van der Waals surface area contributed by atoms with E-state index in [0.717, 1.165) is 18.4 Å². The van der Waals surface area contributed by atoms with E-state index in [1.807, 2.05) is 27.7 Å². The lowest BCUT2D eigenvalue weighted by Crippen LogP contribution is -2.39. The Labute approximate surface area is 143 Å². The van der Waals surface area contributed by atoms with Crippen LogP contribution in [0.1, 0.15) is 46.1 Å². The molecule has 136 valence electrons. The molecule has 1 amide bonds. The first-order chi connectivity index (χ1) is 11.2. The van der Waals surface area contributed by atoms with Gasteiger partial charge in [-0.05, 0) is 51.7 Å². The van der Waals surface area contributed by atoms with Gasteiger partial charge in [-0.3, -0.25) is 0 Å². The maximum Gasteiger partial charge on any atom is 0.407 e. The molecular formula is C18H29NO5. The minimum Gasteiger partial charge on any atom is -0.508 e. The number of aryl methyl sites for hydroxylation is 1. The van der Waals surface area contributed by atoms with Crippen LogP contribution in [0.5, 0.6) is 11.5 Å². The van der Waals surface area contributed by atoms with E-state index in [9.17, 15) is 9.90 Å². The molecule has 3 N–H and O–H groups in total. The van der Waals surface area contributed by atoms with Gasteiger partial charge >= 0.3 is 6.09 Å². The van der Waals surface area contributed by atoms with Crippen molar-refractivity contribution < 1.29 is 24.5 Å². The number of aliphatic hydroxyl groups excluding tert-OH is 1. The molecule has 0 aliphatic rings. The zero-order chi connectivity index (χ0) is 18.2. The Morgan fingerprint density at radius 3 is 2.62 bits per heavy atom. The zero-order valence-electron chi connectivity index (χ0n) is 15.0. The van der Waals surface area contributed by atoms with Gasteiger partial charge < -0.3 is 25.0 Å². The minimum absolute atomic E-state index is 0.0145. The number of phenols is 1. The first-order valence-electron chi connectivity index (χ1n) is 8.30. The molecule has 1 rings (SSSR count). The van der Waals surface area contributed by atoms with Gasteiger partial charge in [-0.2, -0.15) is 0 Å². The molecule has 0 saturated carbocycles. The SMILES string of the molecule is CC[C@H](CCc1ccc(O)cc1OCCO)NC(=O)OC(C)(C)C. The maximum absolute atomic E-state index is 11.9. The molecule has 0 radical (unpaired) electrons. The number of hydrogen-bond donors (Lipinski definition) is 3. The van der Waals surface area contributed by atoms with Gasteiger partial charge in [0, 0.05) is 12.1 Å². The number of benzene rings is 1. The van der Waals surface area contributed by atoms with Gasteiger partial charge in [0.1, 0.15) is 23.7 Å². The first kappa shape index (κ1) is 20.1. The average molecular weight is 339 g/mol. The molecule has 0 bridgehead atoms. The smallest absolute Gasteiger partial charge is 0.407 e. The number of carbonyl (C=O) groups excluding carboxylic acids is 1. The van der Waals surface area contributed by atoms with E-state index in [2.05, 4.69) is 5.32 Å². The quantitative estimate of drug-likeness (QED) is 0.677. The highest BCUT2D eigenvalue weighted by atomic mass is 16.6. The third kappa shape index (κ3) is 7.55. The molecule has 6 heteroatoms. The van der Waals surface area contributed by atoms with Crippen molar-refractivity contribution >= 4 is 6.09 Å². The number of rotatable bonds is 8. The third-order valence-corrected chi connectivity index (χ3v) is 3.38. The lowest BCUT2D eigenvalue weighted by molar-refractivity contribution is 0.0500. The van der Waals surface area contributed by atoms with Crippen LogP contribution in [0.15, 0.2) is 18.2 Å². The summed E-state index contributed by atoms with van der Waals surface area (Å²) in [6.45, 7) is 7.57. The Hall–Kier alpha value is -1.95. The topological polar surface area (TPSA) is 88.0 Å². The first-order valence-corrected chi connectivity index (χ1v) is 8.30. The fourth-order valence-electron chi connectivity index (χ4n) is 2.22. The predicted octanol–water partition coefficient (Wildman–Crippen LogP) is 3.00. The molecule has 0 aliphatic carbocycles. The van der Waals surface area contributed by atoms with Crippen molar-refractivity contribution in [1.82, 2.24) is 5.32 Å². The zero-order valence-corrected chi connectivity index (χ0v) is 15.0. The Morgan fingerprint density at radius 1 is 1.33 bits per heavy atom. The van der Waals surface area contributed by atoms with Gasteiger partial charge in [-0.1, -0.05) is 13.0 Å². The molecule has 0 aromatic heterocycles. The largest absolute Gasteiger partial charge is 0.508 e. The summed E-state index contributed by atoms with van der Waals surface area (Å²) < 4.78 is 10.7. The number of phenolic OH excluding ortho intramolecular Hbond substituents is 1. The molecule has 24 heavy (non-hydrogen) atoms. The number of nitrogens with one attached hydrogen (secondary N) is 1. The second-order valence-corrected chi connectivity index (χ2v) is 6.65. The van der Waals surface area contributed by atoms with Crippen LogP contribution in [0.25, 0.3) is 0 Å². The Kier molecular flexibility index (Phi) is 7.85. The van der Waals surface area contributed by atoms with E-state index in [4.69, 9.17) is 14.6 Å². The second-order valence-electron chi connectivity index (χ2n) is 6.65. The van der Waals surface area contributed by atoms with Crippen molar-refractivity contribution in [2.45, 2.75) is 58.6 Å². The van der Waals surface area contributed by atoms with Crippen LogP contribution in [-0.4, -0.2) is 41.2 Å². The highest BCUT2D eigenvalue weighted by Gasteiger charge is 2.19. The van der Waals surface area contributed by atoms with Crippen LogP contribution >= 0.6 is 0 Å². The summed E-state index contributed by atoms with van der Waals surface area (Å²) in [5.41, 5.74) is 0.399. The number of aromatic hydroxyl groups is 1. The highest BCUT2D eigenvalue weighted by molar-refractivity contribution is 5.68. The normalized spacial score (nSPS) is 12.5. The van der Waals surface area contributed by atoms with E-state index in [0.29, 0.717) is 12.2 Å². The monoisotopic (exact) mass is 339 g/mol. The minimum atomic E-state index is -0.523. The lowest BCUT2D eigenvalue weighted by atomic mass is 10.0. The molecule has 0 spiro atoms. The number of aliphatic hydroxyl groups is 1. The third-order valence-electron chi connectivity index (χ3n) is 3.38. The van der Waals surface area contributed by atoms with Crippen molar-refractivity contribution in [3.8, 4) is 11.5 Å². The Morgan fingerprint density at radius 2 is 2.04 bits per heavy atom. The molecule has 1 atom stereocenters. The van der Waals surface area contributed by atoms with Crippen molar-refractivity contribution in [3.63, 3.8) is 0 Å². The van der Waals surface area contributed by atoms with Crippen LogP contribution in [-0.2, 0) is 11.2 Å². The van der Waals surface area contributed by atoms with Crippen LogP contribution < -0.4 is 10.1 Å². The van der Waals surface area contributed by atoms with Crippen molar-refractivity contribution in [1.29, 1.82) is 0 Å². The number of hydrogen-bond acceptors (Lipinski definition) is 5. The molecule has 0 heterocycles. The summed E-state index contributed by atoms with van der Waals surface area (Å²) in [5, 5.41) is 21.3. The molecular weight excluding hydrogens is 310 g/mol. The molecule has 6 nitrogen and oxygen atoms in total. The predicted molar refractivity (Wildman–Crippen MR) is 92.5 cm³/mol. The van der Waals surface area contributed by atoms with Crippen LogP contribution in [0.3, 0.4) is 0 Å². The van der Waals surface area contributed by atoms with E-state index in [-0.39, 0.29) is 25.0 Å². The fourth-order valence-corrected chi connectivity index (χ4v) is 2.22. The molecule has 0 saturated heterocycles. The van der Waals surface area contributed by atoms with Crippen molar-refractivity contribution in [3.05, 3.63) is 23.8 Å². The Bertz CT molecular complexity index is 525. The molecule has 1 aromatic rings. The van der Waals surface area contributed by atoms with E-state index in [1.165, 1.54) is 6.07 Å². The summed E-state index contributed by atoms with van der Waals surface area (Å²) >= 11 is 0. The second kappa shape index (κ2) is 9.37. The summed E-state index contributed by atoms with van der Waals surface area (Å²) in [6.07, 6.45) is 1.76. The van der Waals surface area contributed by atoms with Gasteiger partial charge in [0.05, 0.1) is 6.61 Å². The molecule has 0 unspecified atom stereocenters. The van der Waals surface area contributed by atoms with Crippen LogP contribution in [0.4, 0.5) is 4.79 Å². The number of alkyl carbamates (subject to hydrolysis) is 1. The van der Waals surface area contributed by atoms with E-state index < -0.39 is 11.7 Å². The summed E-state index contributed by atoms with van der Waals surface area (Å²) in [7, 11) is 0. The number of ether oxygens (including phenoxy) is 2. The van der Waals surface area contributed by atoms with Gasteiger partial charge in [0.15, 0.2) is 0 Å². The van der Waals surface area contributed by atoms with Crippen LogP contribution in [0, 0.1) is 0 Å². The van der Waals surface area contributed by atoms with Crippen LogP contribution in [0.2, 0.25) is 0 Å². The fraction of sp³-hybridized carbons (Fsp3) is 0.611. The summed E-state index contributed by atoms with van der Waals surface area (Å²) in [5.74, 6) is 0.668. The van der Waals surface area contributed by atoms with E-state index >= 15 is 0 Å². The lowest BCUT2D eigenvalue weighted by Gasteiger charge is -2.23. The highest BCUT2D eigenvalue weighted by Crippen LogP contribution is 2.26. The summed E-state index contributed by atoms with van der Waals surface area (Å²) in [6, 6.07) is 4.91. The maximum atomic E-state index is 11.9. The Balaban J connectivity index is 2.63. The molecule has 1 aromatic carbocycles. The average Bonchev–Trinajstić information content (AvgIpc) is 2.48. The summed E-state index contributed by atoms with van der Waals surface area (Å²) in [4.78, 5) is 11.9. The van der Waals surface area contributed by atoms with E-state index in [1.54, 1.807) is 12.1 Å². The van der Waals surface area contributed by atoms with Crippen molar-refractivity contribution in [2.75, 3.05) is 13.2 Å². The van der Waals surface area contributed by atoms with Gasteiger partial charge in [0.2, 0.25) is 0 Å². The molecule has 0 aliphatic heterocycles. The molecule has 0 fully saturated rings. The standard InChI is InChI=1S/C18H29NO5/c1-5-14(19-17(22)24-18(2,3)4)8-6-13-7-9-15(21)12-16(13)23-11-10-20/h7,9,12,14,20-21H,5-6,8,10-11H2,1-4H3,(H,19,22)/t14-/m1/s1. The van der Waals surface area contributed by atoms with Gasteiger partial charge in [-0.25, -0.2) is 4.79 Å².